The number of methoxy groups -OCH3 is 1. The molecule has 0 aromatic heterocycles. The summed E-state index contributed by atoms with van der Waals surface area (Å²) in [5, 5.41) is 2.80. The van der Waals surface area contributed by atoms with Crippen LogP contribution in [-0.2, 0) is 10.0 Å². The van der Waals surface area contributed by atoms with E-state index in [9.17, 15) is 13.2 Å². The van der Waals surface area contributed by atoms with Crippen molar-refractivity contribution >= 4 is 15.9 Å². The second kappa shape index (κ2) is 9.89. The molecule has 0 aliphatic carbocycles. The highest BCUT2D eigenvalue weighted by Crippen LogP contribution is 2.29. The average molecular weight is 384 g/mol. The van der Waals surface area contributed by atoms with E-state index in [1.165, 1.54) is 17.5 Å². The first-order valence-corrected chi connectivity index (χ1v) is 10.6. The van der Waals surface area contributed by atoms with Gasteiger partial charge < -0.3 is 15.8 Å². The predicted molar refractivity (Wildman–Crippen MR) is 101 cm³/mol. The van der Waals surface area contributed by atoms with Gasteiger partial charge in [-0.3, -0.25) is 4.79 Å². The summed E-state index contributed by atoms with van der Waals surface area (Å²) >= 11 is 0. The molecule has 0 atom stereocenters. The lowest BCUT2D eigenvalue weighted by atomic mass is 10.2. The number of sulfonamides is 1. The molecule has 0 unspecified atom stereocenters. The molecule has 0 bridgehead atoms. The number of amides is 1. The van der Waals surface area contributed by atoms with Gasteiger partial charge in [-0.2, -0.15) is 4.31 Å². The van der Waals surface area contributed by atoms with Gasteiger partial charge in [0, 0.05) is 25.2 Å². The van der Waals surface area contributed by atoms with Crippen molar-refractivity contribution in [3.8, 4) is 5.75 Å². The topological polar surface area (TPSA) is 102 Å². The van der Waals surface area contributed by atoms with Crippen LogP contribution in [0.25, 0.3) is 0 Å². The summed E-state index contributed by atoms with van der Waals surface area (Å²) in [7, 11) is -2.27. The zero-order chi connectivity index (χ0) is 19.0. The van der Waals surface area contributed by atoms with Crippen molar-refractivity contribution in [3.05, 3.63) is 23.8 Å². The van der Waals surface area contributed by atoms with Gasteiger partial charge in [0.15, 0.2) is 0 Å². The molecule has 26 heavy (non-hydrogen) atoms. The molecule has 1 aromatic rings. The van der Waals surface area contributed by atoms with Gasteiger partial charge in [0.2, 0.25) is 10.0 Å². The number of nitrogens with zero attached hydrogens (tertiary/aromatic N) is 1. The second-order valence-corrected chi connectivity index (χ2v) is 8.34. The minimum atomic E-state index is -3.70. The molecule has 0 spiro atoms. The summed E-state index contributed by atoms with van der Waals surface area (Å²) in [6.07, 6.45) is 5.39. The predicted octanol–water partition coefficient (Wildman–Crippen LogP) is 1.73. The van der Waals surface area contributed by atoms with Gasteiger partial charge in [-0.05, 0) is 50.4 Å². The molecular formula is C18H29N3O4S. The molecule has 1 heterocycles. The zero-order valence-corrected chi connectivity index (χ0v) is 16.2. The Labute approximate surface area is 155 Å². The van der Waals surface area contributed by atoms with Crippen LogP contribution in [0.1, 0.15) is 48.9 Å². The number of rotatable bonds is 8. The Morgan fingerprint density at radius 1 is 1.19 bits per heavy atom. The summed E-state index contributed by atoms with van der Waals surface area (Å²) in [4.78, 5) is 12.4. The standard InChI is InChI=1S/C18H29N3O4S/c1-25-16-9-8-15(18(22)20-11-5-4-10-19)14-17(16)26(23,24)21-12-6-2-3-7-13-21/h8-9,14H,2-7,10-13,19H2,1H3,(H,20,22). The van der Waals surface area contributed by atoms with E-state index < -0.39 is 10.0 Å². The van der Waals surface area contributed by atoms with Crippen molar-refractivity contribution in [1.82, 2.24) is 9.62 Å². The fraction of sp³-hybridized carbons (Fsp3) is 0.611. The molecule has 1 aromatic carbocycles. The molecule has 7 nitrogen and oxygen atoms in total. The number of nitrogens with two attached hydrogens (primary N) is 1. The third-order valence-electron chi connectivity index (χ3n) is 4.53. The molecule has 1 amide bonds. The van der Waals surface area contributed by atoms with E-state index in [0.29, 0.717) is 31.7 Å². The van der Waals surface area contributed by atoms with Crippen LogP contribution in [0.15, 0.2) is 23.1 Å². The first-order valence-electron chi connectivity index (χ1n) is 9.17. The molecule has 1 aliphatic heterocycles. The van der Waals surface area contributed by atoms with E-state index in [0.717, 1.165) is 38.5 Å². The maximum Gasteiger partial charge on any atom is 0.251 e. The van der Waals surface area contributed by atoms with Crippen LogP contribution < -0.4 is 15.8 Å². The van der Waals surface area contributed by atoms with Crippen molar-refractivity contribution in [2.75, 3.05) is 33.3 Å². The summed E-state index contributed by atoms with van der Waals surface area (Å²) in [6, 6.07) is 4.54. The molecule has 1 aliphatic rings. The number of benzene rings is 1. The normalized spacial score (nSPS) is 16.1. The molecule has 0 saturated carbocycles. The van der Waals surface area contributed by atoms with Crippen LogP contribution in [0, 0.1) is 0 Å². The SMILES string of the molecule is COc1ccc(C(=O)NCCCCN)cc1S(=O)(=O)N1CCCCCC1. The van der Waals surface area contributed by atoms with Crippen molar-refractivity contribution in [1.29, 1.82) is 0 Å². The fourth-order valence-electron chi connectivity index (χ4n) is 3.01. The maximum atomic E-state index is 13.1. The van der Waals surface area contributed by atoms with Gasteiger partial charge in [-0.1, -0.05) is 12.8 Å². The molecule has 1 fully saturated rings. The lowest BCUT2D eigenvalue weighted by Gasteiger charge is -2.21. The van der Waals surface area contributed by atoms with E-state index in [-0.39, 0.29) is 16.6 Å². The molecule has 0 radical (unpaired) electrons. The summed E-state index contributed by atoms with van der Waals surface area (Å²) in [5.74, 6) is -0.0362. The lowest BCUT2D eigenvalue weighted by Crippen LogP contribution is -2.32. The van der Waals surface area contributed by atoms with E-state index in [1.807, 2.05) is 0 Å². The molecular weight excluding hydrogens is 354 g/mol. The van der Waals surface area contributed by atoms with Crippen LogP contribution in [0.5, 0.6) is 5.75 Å². The monoisotopic (exact) mass is 383 g/mol. The Morgan fingerprint density at radius 3 is 2.50 bits per heavy atom. The number of ether oxygens (including phenoxy) is 1. The highest BCUT2D eigenvalue weighted by molar-refractivity contribution is 7.89. The third kappa shape index (κ3) is 5.18. The number of unbranched alkanes of at least 4 members (excludes halogenated alkanes) is 1. The molecule has 8 heteroatoms. The maximum absolute atomic E-state index is 13.1. The first kappa shape index (κ1) is 20.7. The van der Waals surface area contributed by atoms with Crippen molar-refractivity contribution in [2.45, 2.75) is 43.4 Å². The number of nitrogens with one attached hydrogen (secondary N) is 1. The fourth-order valence-corrected chi connectivity index (χ4v) is 4.71. The summed E-state index contributed by atoms with van der Waals surface area (Å²) < 4.78 is 32.9. The van der Waals surface area contributed by atoms with E-state index in [2.05, 4.69) is 5.32 Å². The Hall–Kier alpha value is -1.64. The van der Waals surface area contributed by atoms with Crippen molar-refractivity contribution in [3.63, 3.8) is 0 Å². The Kier molecular flexibility index (Phi) is 7.86. The van der Waals surface area contributed by atoms with Gasteiger partial charge in [0.25, 0.3) is 5.91 Å². The van der Waals surface area contributed by atoms with Crippen LogP contribution in [0.3, 0.4) is 0 Å². The van der Waals surface area contributed by atoms with Crippen LogP contribution in [0.4, 0.5) is 0 Å². The summed E-state index contributed by atoms with van der Waals surface area (Å²) in [5.41, 5.74) is 5.75. The number of hydrogen-bond acceptors (Lipinski definition) is 5. The van der Waals surface area contributed by atoms with Gasteiger partial charge in [-0.15, -0.1) is 0 Å². The largest absolute Gasteiger partial charge is 0.495 e. The van der Waals surface area contributed by atoms with Crippen LogP contribution >= 0.6 is 0 Å². The number of carbonyl (C=O) groups is 1. The molecule has 2 rings (SSSR count). The van der Waals surface area contributed by atoms with Crippen molar-refractivity contribution in [2.24, 2.45) is 5.73 Å². The Morgan fingerprint density at radius 2 is 1.88 bits per heavy atom. The molecule has 146 valence electrons. The highest BCUT2D eigenvalue weighted by atomic mass is 32.2. The van der Waals surface area contributed by atoms with Crippen LogP contribution in [0.2, 0.25) is 0 Å². The number of hydrogen-bond donors (Lipinski definition) is 2. The van der Waals surface area contributed by atoms with E-state index >= 15 is 0 Å². The van der Waals surface area contributed by atoms with Gasteiger partial charge in [0.05, 0.1) is 7.11 Å². The Bertz CT molecular complexity index is 698. The minimum absolute atomic E-state index is 0.0523. The minimum Gasteiger partial charge on any atom is -0.495 e. The third-order valence-corrected chi connectivity index (χ3v) is 6.44. The number of carbonyl (C=O) groups excluding carboxylic acids is 1. The van der Waals surface area contributed by atoms with Crippen LogP contribution in [-0.4, -0.2) is 51.9 Å². The molecule has 1 saturated heterocycles. The first-order chi connectivity index (χ1) is 12.5. The van der Waals surface area contributed by atoms with E-state index in [1.54, 1.807) is 12.1 Å². The Balaban J connectivity index is 2.24. The quantitative estimate of drug-likeness (QED) is 0.666. The van der Waals surface area contributed by atoms with Gasteiger partial charge >= 0.3 is 0 Å². The van der Waals surface area contributed by atoms with E-state index in [4.69, 9.17) is 10.5 Å². The lowest BCUT2D eigenvalue weighted by molar-refractivity contribution is 0.0953. The van der Waals surface area contributed by atoms with Gasteiger partial charge in [-0.25, -0.2) is 8.42 Å². The average Bonchev–Trinajstić information content (AvgIpc) is 2.94. The summed E-state index contributed by atoms with van der Waals surface area (Å²) in [6.45, 7) is 2.09. The zero-order valence-electron chi connectivity index (χ0n) is 15.4. The second-order valence-electron chi connectivity index (χ2n) is 6.44. The van der Waals surface area contributed by atoms with Crippen molar-refractivity contribution < 1.29 is 17.9 Å². The smallest absolute Gasteiger partial charge is 0.251 e. The highest BCUT2D eigenvalue weighted by Gasteiger charge is 2.29. The van der Waals surface area contributed by atoms with Gasteiger partial charge in [0.1, 0.15) is 10.6 Å². The molecule has 3 N–H and O–H groups in total.